The van der Waals surface area contributed by atoms with Crippen LogP contribution in [0.1, 0.15) is 56.4 Å². The molecule has 1 saturated carbocycles. The van der Waals surface area contributed by atoms with E-state index in [-0.39, 0.29) is 36.8 Å². The second-order valence-electron chi connectivity index (χ2n) is 10.6. The van der Waals surface area contributed by atoms with Gasteiger partial charge in [0, 0.05) is 56.4 Å². The van der Waals surface area contributed by atoms with E-state index < -0.39 is 29.4 Å². The minimum atomic E-state index is -1.01. The molecule has 5 rings (SSSR count). The van der Waals surface area contributed by atoms with Gasteiger partial charge in [-0.15, -0.1) is 0 Å². The number of carbonyl (C=O) groups is 3. The molecule has 35 heavy (non-hydrogen) atoms. The van der Waals surface area contributed by atoms with Gasteiger partial charge in [-0.3, -0.25) is 19.7 Å². The average Bonchev–Trinajstić information content (AvgIpc) is 3.06. The van der Waals surface area contributed by atoms with Crippen LogP contribution in [0.3, 0.4) is 0 Å². The summed E-state index contributed by atoms with van der Waals surface area (Å²) >= 11 is 0. The maximum Gasteiger partial charge on any atom is 0.234 e. The van der Waals surface area contributed by atoms with Crippen molar-refractivity contribution in [1.82, 2.24) is 10.2 Å². The summed E-state index contributed by atoms with van der Waals surface area (Å²) in [5, 5.41) is 11.5. The third-order valence-electron chi connectivity index (χ3n) is 8.66. The topological polar surface area (TPSA) is 90.0 Å². The van der Waals surface area contributed by atoms with Crippen molar-refractivity contribution in [2.24, 2.45) is 23.7 Å². The second kappa shape index (κ2) is 9.84. The number of benzene rings is 1. The number of hydrogen-bond donors (Lipinski definition) is 2. The van der Waals surface area contributed by atoms with Gasteiger partial charge >= 0.3 is 0 Å². The second-order valence-corrected chi connectivity index (χ2v) is 10.6. The molecule has 7 nitrogen and oxygen atoms in total. The first kappa shape index (κ1) is 24.2. The standard InChI is InChI=1S/C26H33F2N3O4/c27-21-11-18(12-22(28)24(21)20-3-4-23(33)29-25(20)34)30-8-5-15(6-9-30)26(35)31-13-16-1-2-17(14-31)19(16)7-10-32/h11-12,15-17,19-20,32H,1-10,13-14H2,(H,29,33,34). The molecule has 3 unspecified atom stereocenters. The summed E-state index contributed by atoms with van der Waals surface area (Å²) in [7, 11) is 0. The number of hydrogen-bond acceptors (Lipinski definition) is 5. The fourth-order valence-corrected chi connectivity index (χ4v) is 6.83. The predicted octanol–water partition coefficient (Wildman–Crippen LogP) is 2.57. The van der Waals surface area contributed by atoms with E-state index in [4.69, 9.17) is 0 Å². The summed E-state index contributed by atoms with van der Waals surface area (Å²) in [5.41, 5.74) is 0.118. The first-order valence-electron chi connectivity index (χ1n) is 12.8. The largest absolute Gasteiger partial charge is 0.396 e. The van der Waals surface area contributed by atoms with Gasteiger partial charge in [0.05, 0.1) is 5.92 Å². The van der Waals surface area contributed by atoms with E-state index in [2.05, 4.69) is 5.32 Å². The highest BCUT2D eigenvalue weighted by Gasteiger charge is 2.44. The van der Waals surface area contributed by atoms with Crippen molar-refractivity contribution in [3.8, 4) is 0 Å². The number of nitrogens with zero attached hydrogens (tertiary/aromatic N) is 2. The molecule has 4 aliphatic rings. The minimum Gasteiger partial charge on any atom is -0.396 e. The van der Waals surface area contributed by atoms with Crippen LogP contribution in [-0.2, 0) is 14.4 Å². The maximum absolute atomic E-state index is 14.9. The number of imide groups is 1. The van der Waals surface area contributed by atoms with Crippen LogP contribution < -0.4 is 10.2 Å². The molecular formula is C26H33F2N3O4. The number of aliphatic hydroxyl groups excluding tert-OH is 1. The Morgan fingerprint density at radius 3 is 2.20 bits per heavy atom. The SMILES string of the molecule is O=C1CCC(c2c(F)cc(N3CCC(C(=O)N4CC5CCC(C4)C5CCO)CC3)cc2F)C(=O)N1. The van der Waals surface area contributed by atoms with Crippen molar-refractivity contribution in [3.63, 3.8) is 0 Å². The number of anilines is 1. The quantitative estimate of drug-likeness (QED) is 0.621. The van der Waals surface area contributed by atoms with Gasteiger partial charge in [-0.25, -0.2) is 8.78 Å². The highest BCUT2D eigenvalue weighted by molar-refractivity contribution is 6.01. The fraction of sp³-hybridized carbons (Fsp3) is 0.654. The van der Waals surface area contributed by atoms with Gasteiger partial charge in [0.25, 0.3) is 0 Å². The number of likely N-dealkylation sites (tertiary alicyclic amines) is 1. The number of carbonyl (C=O) groups excluding carboxylic acids is 3. The first-order valence-corrected chi connectivity index (χ1v) is 12.8. The van der Waals surface area contributed by atoms with Crippen molar-refractivity contribution >= 4 is 23.4 Å². The van der Waals surface area contributed by atoms with Crippen molar-refractivity contribution in [1.29, 1.82) is 0 Å². The Bertz CT molecular complexity index is 973. The average molecular weight is 490 g/mol. The molecule has 0 spiro atoms. The smallest absolute Gasteiger partial charge is 0.234 e. The van der Waals surface area contributed by atoms with Gasteiger partial charge in [-0.05, 0) is 68.4 Å². The fourth-order valence-electron chi connectivity index (χ4n) is 6.83. The number of nitrogens with one attached hydrogen (secondary N) is 1. The Kier molecular flexibility index (Phi) is 6.79. The molecule has 0 aromatic heterocycles. The number of amides is 3. The summed E-state index contributed by atoms with van der Waals surface area (Å²) in [6.45, 7) is 2.82. The molecule has 3 saturated heterocycles. The lowest BCUT2D eigenvalue weighted by molar-refractivity contribution is -0.139. The molecule has 0 radical (unpaired) electrons. The van der Waals surface area contributed by atoms with Gasteiger partial charge in [0.15, 0.2) is 0 Å². The zero-order chi connectivity index (χ0) is 24.7. The van der Waals surface area contributed by atoms with Crippen LogP contribution in [0.2, 0.25) is 0 Å². The van der Waals surface area contributed by atoms with Crippen molar-refractivity contribution in [2.75, 3.05) is 37.7 Å². The Morgan fingerprint density at radius 1 is 1.00 bits per heavy atom. The van der Waals surface area contributed by atoms with E-state index in [0.29, 0.717) is 49.4 Å². The summed E-state index contributed by atoms with van der Waals surface area (Å²) in [6.07, 6.45) is 4.48. The van der Waals surface area contributed by atoms with Crippen LogP contribution in [0.4, 0.5) is 14.5 Å². The Morgan fingerprint density at radius 2 is 1.63 bits per heavy atom. The van der Waals surface area contributed by atoms with Crippen LogP contribution in [0.5, 0.6) is 0 Å². The third-order valence-corrected chi connectivity index (χ3v) is 8.66. The van der Waals surface area contributed by atoms with Crippen molar-refractivity contribution in [2.45, 2.75) is 50.9 Å². The normalized spacial score (nSPS) is 29.5. The molecular weight excluding hydrogens is 456 g/mol. The maximum atomic E-state index is 14.9. The number of rotatable bonds is 5. The summed E-state index contributed by atoms with van der Waals surface area (Å²) < 4.78 is 29.9. The first-order chi connectivity index (χ1) is 16.9. The van der Waals surface area contributed by atoms with Gasteiger partial charge in [0.1, 0.15) is 11.6 Å². The molecule has 3 amide bonds. The molecule has 1 aromatic rings. The molecule has 1 aromatic carbocycles. The number of fused-ring (bicyclic) bond motifs is 2. The van der Waals surface area contributed by atoms with Crippen LogP contribution in [0, 0.1) is 35.3 Å². The molecule has 9 heteroatoms. The molecule has 4 fully saturated rings. The number of halogens is 2. The monoisotopic (exact) mass is 489 g/mol. The Balaban J connectivity index is 1.20. The zero-order valence-electron chi connectivity index (χ0n) is 19.8. The Labute approximate surface area is 203 Å². The predicted molar refractivity (Wildman–Crippen MR) is 124 cm³/mol. The molecule has 2 bridgehead atoms. The van der Waals surface area contributed by atoms with Crippen LogP contribution in [0.25, 0.3) is 0 Å². The van der Waals surface area contributed by atoms with Crippen molar-refractivity contribution < 1.29 is 28.3 Å². The van der Waals surface area contributed by atoms with Gasteiger partial charge in [-0.2, -0.15) is 0 Å². The van der Waals surface area contributed by atoms with Crippen LogP contribution >= 0.6 is 0 Å². The highest BCUT2D eigenvalue weighted by atomic mass is 19.1. The molecule has 3 aliphatic heterocycles. The summed E-state index contributed by atoms with van der Waals surface area (Å²) in [5.74, 6) is -2.07. The van der Waals surface area contributed by atoms with E-state index in [1.807, 2.05) is 9.80 Å². The minimum absolute atomic E-state index is 0.0547. The van der Waals surface area contributed by atoms with Gasteiger partial charge in [-0.1, -0.05) is 0 Å². The molecule has 3 atom stereocenters. The van der Waals surface area contributed by atoms with E-state index in [0.717, 1.165) is 32.4 Å². The van der Waals surface area contributed by atoms with E-state index >= 15 is 0 Å². The van der Waals surface area contributed by atoms with Crippen LogP contribution in [-0.4, -0.2) is 60.5 Å². The molecule has 190 valence electrons. The highest BCUT2D eigenvalue weighted by Crippen LogP contribution is 2.44. The summed E-state index contributed by atoms with van der Waals surface area (Å²) in [6, 6.07) is 2.52. The Hall–Kier alpha value is -2.55. The third kappa shape index (κ3) is 4.67. The lowest BCUT2D eigenvalue weighted by atomic mass is 9.82. The number of aliphatic hydroxyl groups is 1. The lowest BCUT2D eigenvalue weighted by Gasteiger charge is -2.41. The molecule has 1 aliphatic carbocycles. The lowest BCUT2D eigenvalue weighted by Crippen LogP contribution is -2.49. The summed E-state index contributed by atoms with van der Waals surface area (Å²) in [4.78, 5) is 40.6. The van der Waals surface area contributed by atoms with Crippen molar-refractivity contribution in [3.05, 3.63) is 29.3 Å². The van der Waals surface area contributed by atoms with E-state index in [9.17, 15) is 28.3 Å². The molecule has 3 heterocycles. The number of piperidine rings is 3. The zero-order valence-corrected chi connectivity index (χ0v) is 19.8. The molecule has 2 N–H and O–H groups in total. The van der Waals surface area contributed by atoms with Gasteiger partial charge < -0.3 is 14.9 Å². The van der Waals surface area contributed by atoms with Gasteiger partial charge in [0.2, 0.25) is 17.7 Å². The van der Waals surface area contributed by atoms with E-state index in [1.165, 1.54) is 12.1 Å². The van der Waals surface area contributed by atoms with E-state index in [1.54, 1.807) is 0 Å². The van der Waals surface area contributed by atoms with Crippen LogP contribution in [0.15, 0.2) is 12.1 Å².